The zero-order valence-electron chi connectivity index (χ0n) is 23.9. The maximum atomic E-state index is 2.60. The Kier molecular flexibility index (Phi) is 7.39. The van der Waals surface area contributed by atoms with E-state index in [4.69, 9.17) is 0 Å². The van der Waals surface area contributed by atoms with Crippen LogP contribution in [0.5, 0.6) is 0 Å². The Morgan fingerprint density at radius 2 is 1.15 bits per heavy atom. The van der Waals surface area contributed by atoms with Crippen molar-refractivity contribution < 1.29 is 21.3 Å². The van der Waals surface area contributed by atoms with Crippen LogP contribution in [0.3, 0.4) is 0 Å². The molecule has 0 amide bonds. The predicted octanol–water partition coefficient (Wildman–Crippen LogP) is 9.64. The van der Waals surface area contributed by atoms with E-state index in [0.717, 1.165) is 12.8 Å². The summed E-state index contributed by atoms with van der Waals surface area (Å²) in [7, 11) is 0. The third-order valence-electron chi connectivity index (χ3n) is 9.06. The van der Waals surface area contributed by atoms with Gasteiger partial charge in [-0.05, 0) is 0 Å². The van der Waals surface area contributed by atoms with Crippen LogP contribution in [0.2, 0.25) is 0 Å². The normalized spacial score (nSPS) is 16.2. The Balaban J connectivity index is 1.76. The number of aryl methyl sites for hydroxylation is 2. The monoisotopic (exact) mass is 584 g/mol. The van der Waals surface area contributed by atoms with Gasteiger partial charge in [-0.1, -0.05) is 0 Å². The Morgan fingerprint density at radius 1 is 0.667 bits per heavy atom. The van der Waals surface area contributed by atoms with E-state index in [-0.39, 0.29) is 0 Å². The molecule has 0 nitrogen and oxygen atoms in total. The summed E-state index contributed by atoms with van der Waals surface area (Å²) in [6, 6.07) is 37.3. The van der Waals surface area contributed by atoms with Crippen LogP contribution in [0.1, 0.15) is 71.6 Å². The molecule has 1 heteroatoms. The number of hydrogen-bond donors (Lipinski definition) is 0. The molecule has 1 unspecified atom stereocenters. The van der Waals surface area contributed by atoms with Crippen molar-refractivity contribution in [2.75, 3.05) is 0 Å². The van der Waals surface area contributed by atoms with Gasteiger partial charge in [0.05, 0.1) is 0 Å². The van der Waals surface area contributed by atoms with Gasteiger partial charge in [-0.25, -0.2) is 0 Å². The van der Waals surface area contributed by atoms with E-state index in [0.29, 0.717) is 9.54 Å². The Morgan fingerprint density at radius 3 is 1.56 bits per heavy atom. The van der Waals surface area contributed by atoms with E-state index in [2.05, 4.69) is 138 Å². The van der Waals surface area contributed by atoms with Crippen LogP contribution in [0, 0.1) is 5.92 Å². The minimum absolute atomic E-state index is 0.457. The molecule has 0 saturated carbocycles. The molecular formula is C38H38Zr. The summed E-state index contributed by atoms with van der Waals surface area (Å²) in [5, 5.41) is 0. The summed E-state index contributed by atoms with van der Waals surface area (Å²) >= 11 is -2.70. The molecule has 2 aliphatic rings. The second-order valence-corrected chi connectivity index (χ2v) is 17.3. The van der Waals surface area contributed by atoms with Gasteiger partial charge in [-0.2, -0.15) is 0 Å². The molecule has 0 heterocycles. The first-order valence-corrected chi connectivity index (χ1v) is 18.4. The minimum atomic E-state index is -2.70. The van der Waals surface area contributed by atoms with Crippen molar-refractivity contribution in [2.24, 2.45) is 5.92 Å². The van der Waals surface area contributed by atoms with E-state index in [1.165, 1.54) is 39.0 Å². The molecule has 0 radical (unpaired) electrons. The second-order valence-electron chi connectivity index (χ2n) is 11.2. The van der Waals surface area contributed by atoms with Crippen molar-refractivity contribution in [1.82, 2.24) is 0 Å². The summed E-state index contributed by atoms with van der Waals surface area (Å²) in [6.45, 7) is 11.7. The van der Waals surface area contributed by atoms with Crippen LogP contribution >= 0.6 is 0 Å². The van der Waals surface area contributed by atoms with Gasteiger partial charge >= 0.3 is 244 Å². The SMILES string of the molecule is CCc1ccc2c(c1)[CH]([Zr]([C]1=CC(C)=C(C)C1C)=[C](c1ccccc1)c1ccccc1)c1cc(CC)ccc1-2. The van der Waals surface area contributed by atoms with Crippen molar-refractivity contribution in [1.29, 1.82) is 0 Å². The van der Waals surface area contributed by atoms with E-state index in [1.807, 2.05) is 0 Å². The first kappa shape index (κ1) is 26.3. The summed E-state index contributed by atoms with van der Waals surface area (Å²) < 4.78 is 3.83. The van der Waals surface area contributed by atoms with Gasteiger partial charge in [0.15, 0.2) is 0 Å². The molecule has 0 fully saturated rings. The fourth-order valence-corrected chi connectivity index (χ4v) is 16.5. The average molecular weight is 586 g/mol. The third kappa shape index (κ3) is 4.64. The number of rotatable bonds is 6. The number of allylic oxidation sites excluding steroid dienone is 4. The molecule has 4 aromatic rings. The topological polar surface area (TPSA) is 0 Å². The van der Waals surface area contributed by atoms with E-state index in [9.17, 15) is 0 Å². The van der Waals surface area contributed by atoms with Gasteiger partial charge in [0.25, 0.3) is 0 Å². The summed E-state index contributed by atoms with van der Waals surface area (Å²) in [5.41, 5.74) is 14.8. The number of hydrogen-bond acceptors (Lipinski definition) is 0. The molecule has 0 aromatic heterocycles. The van der Waals surface area contributed by atoms with Crippen LogP contribution in [0.25, 0.3) is 11.1 Å². The molecule has 4 aromatic carbocycles. The van der Waals surface area contributed by atoms with Crippen molar-refractivity contribution in [3.63, 3.8) is 0 Å². The standard InChI is InChI=1S/C17H17.C13H10.C8H11.Zr/c1-3-12-5-7-16-14(9-12)11-15-10-13(4-2)6-8-17(15)16;1-3-7-12(8-4-1)11-13-9-5-2-6-10-13;1-6-4-5-7(2)8(6)3;/h5-11H,3-4H2,1-2H3;1-10H;4,7H,1-3H3;. The van der Waals surface area contributed by atoms with Gasteiger partial charge in [0.2, 0.25) is 0 Å². The molecular weight excluding hydrogens is 548 g/mol. The molecule has 0 saturated heterocycles. The number of fused-ring (bicyclic) bond motifs is 3. The fraction of sp³-hybridized carbons (Fsp3) is 0.237. The van der Waals surface area contributed by atoms with Crippen LogP contribution in [0.15, 0.2) is 118 Å². The quantitative estimate of drug-likeness (QED) is 0.211. The van der Waals surface area contributed by atoms with E-state index >= 15 is 0 Å². The third-order valence-corrected chi connectivity index (χ3v) is 17.7. The molecule has 2 aliphatic carbocycles. The summed E-state index contributed by atoms with van der Waals surface area (Å²) in [6.07, 6.45) is 4.75. The van der Waals surface area contributed by atoms with Gasteiger partial charge in [0.1, 0.15) is 0 Å². The van der Waals surface area contributed by atoms with Crippen molar-refractivity contribution in [3.05, 3.63) is 151 Å². The first-order valence-electron chi connectivity index (χ1n) is 14.5. The Bertz CT molecular complexity index is 1540. The first-order chi connectivity index (χ1) is 19.0. The van der Waals surface area contributed by atoms with Crippen LogP contribution in [-0.2, 0) is 34.1 Å². The fourth-order valence-electron chi connectivity index (χ4n) is 6.61. The van der Waals surface area contributed by atoms with Gasteiger partial charge in [0, 0.05) is 0 Å². The van der Waals surface area contributed by atoms with E-state index < -0.39 is 21.3 Å². The molecule has 0 bridgehead atoms. The molecule has 0 spiro atoms. The van der Waals surface area contributed by atoms with Gasteiger partial charge in [-0.3, -0.25) is 0 Å². The van der Waals surface area contributed by atoms with Crippen molar-refractivity contribution in [3.8, 4) is 11.1 Å². The van der Waals surface area contributed by atoms with Crippen LogP contribution in [-0.4, -0.2) is 3.21 Å². The van der Waals surface area contributed by atoms with Crippen LogP contribution in [0.4, 0.5) is 0 Å². The van der Waals surface area contributed by atoms with Gasteiger partial charge < -0.3 is 0 Å². The summed E-state index contributed by atoms with van der Waals surface area (Å²) in [4.78, 5) is 0. The molecule has 0 N–H and O–H groups in total. The second kappa shape index (κ2) is 10.9. The molecule has 1 atom stereocenters. The molecule has 194 valence electrons. The zero-order valence-corrected chi connectivity index (χ0v) is 26.3. The van der Waals surface area contributed by atoms with Crippen LogP contribution < -0.4 is 0 Å². The maximum absolute atomic E-state index is 2.70. The van der Waals surface area contributed by atoms with Crippen molar-refractivity contribution >= 4 is 3.21 Å². The van der Waals surface area contributed by atoms with Gasteiger partial charge in [-0.15, -0.1) is 0 Å². The molecule has 6 rings (SSSR count). The molecule has 0 aliphatic heterocycles. The Hall–Kier alpha value is -2.89. The Labute approximate surface area is 242 Å². The van der Waals surface area contributed by atoms with E-state index in [1.54, 1.807) is 23.2 Å². The average Bonchev–Trinajstić information content (AvgIpc) is 3.44. The number of benzene rings is 4. The molecule has 39 heavy (non-hydrogen) atoms. The summed E-state index contributed by atoms with van der Waals surface area (Å²) in [5.74, 6) is 0.498. The zero-order chi connectivity index (χ0) is 27.1. The predicted molar refractivity (Wildman–Crippen MR) is 164 cm³/mol. The van der Waals surface area contributed by atoms with Crippen molar-refractivity contribution in [2.45, 2.75) is 51.1 Å².